The Morgan fingerprint density at radius 1 is 0.968 bits per heavy atom. The second kappa shape index (κ2) is 8.38. The van der Waals surface area contributed by atoms with Crippen LogP contribution in [0.3, 0.4) is 0 Å². The summed E-state index contributed by atoms with van der Waals surface area (Å²) >= 11 is 7.63. The molecule has 0 saturated carbocycles. The van der Waals surface area contributed by atoms with Crippen LogP contribution in [0.25, 0.3) is 32.7 Å². The van der Waals surface area contributed by atoms with E-state index in [-0.39, 0.29) is 0 Å². The smallest absolute Gasteiger partial charge is 0.127 e. The monoisotopic (exact) mass is 443 g/mol. The van der Waals surface area contributed by atoms with Crippen LogP contribution in [0.5, 0.6) is 5.75 Å². The highest BCUT2D eigenvalue weighted by Gasteiger charge is 2.15. The van der Waals surface area contributed by atoms with Crippen molar-refractivity contribution in [2.45, 2.75) is 0 Å². The third kappa shape index (κ3) is 3.98. The number of methoxy groups -OCH3 is 1. The van der Waals surface area contributed by atoms with Gasteiger partial charge in [0.25, 0.3) is 0 Å². The van der Waals surface area contributed by atoms with Crippen molar-refractivity contribution in [2.75, 3.05) is 12.4 Å². The minimum atomic E-state index is 0.711. The lowest BCUT2D eigenvalue weighted by Gasteiger charge is -2.14. The maximum atomic E-state index is 6.03. The Bertz CT molecular complexity index is 1370. The number of hydrogen-bond acceptors (Lipinski definition) is 5. The van der Waals surface area contributed by atoms with Crippen molar-refractivity contribution in [3.63, 3.8) is 0 Å². The Morgan fingerprint density at radius 2 is 1.81 bits per heavy atom. The van der Waals surface area contributed by atoms with E-state index >= 15 is 0 Å². The van der Waals surface area contributed by atoms with Crippen molar-refractivity contribution in [1.29, 1.82) is 0 Å². The molecule has 0 aliphatic carbocycles. The number of nitrogens with one attached hydrogen (secondary N) is 1. The first-order valence-electron chi connectivity index (χ1n) is 9.72. The van der Waals surface area contributed by atoms with E-state index in [0.29, 0.717) is 5.02 Å². The Balaban J connectivity index is 1.62. The number of nitrogens with zero attached hydrogens (tertiary/aromatic N) is 2. The van der Waals surface area contributed by atoms with Crippen LogP contribution in [-0.4, -0.2) is 17.1 Å². The summed E-state index contributed by atoms with van der Waals surface area (Å²) in [6.07, 6.45) is 1.88. The highest BCUT2D eigenvalue weighted by Crippen LogP contribution is 2.38. The van der Waals surface area contributed by atoms with Gasteiger partial charge in [0, 0.05) is 39.3 Å². The van der Waals surface area contributed by atoms with E-state index in [4.69, 9.17) is 21.3 Å². The van der Waals surface area contributed by atoms with Crippen LogP contribution in [0, 0.1) is 0 Å². The number of halogens is 1. The first-order valence-corrected chi connectivity index (χ1v) is 11.0. The molecule has 2 aromatic heterocycles. The lowest BCUT2D eigenvalue weighted by molar-refractivity contribution is 0.415. The number of pyridine rings is 1. The Morgan fingerprint density at radius 3 is 2.65 bits per heavy atom. The molecule has 0 aliphatic rings. The second-order valence-corrected chi connectivity index (χ2v) is 8.26. The van der Waals surface area contributed by atoms with E-state index in [1.54, 1.807) is 18.4 Å². The summed E-state index contributed by atoms with van der Waals surface area (Å²) in [5.41, 5.74) is 5.72. The van der Waals surface area contributed by atoms with Gasteiger partial charge in [-0.15, -0.1) is 11.3 Å². The van der Waals surface area contributed by atoms with Gasteiger partial charge in [-0.3, -0.25) is 4.98 Å². The number of benzene rings is 3. The highest BCUT2D eigenvalue weighted by molar-refractivity contribution is 7.13. The molecule has 0 fully saturated rings. The lowest BCUT2D eigenvalue weighted by Crippen LogP contribution is -1.97. The zero-order chi connectivity index (χ0) is 21.2. The Kier molecular flexibility index (Phi) is 5.28. The van der Waals surface area contributed by atoms with E-state index in [1.165, 1.54) is 0 Å². The number of thiazole rings is 1. The van der Waals surface area contributed by atoms with Crippen LogP contribution in [-0.2, 0) is 0 Å². The first-order chi connectivity index (χ1) is 15.2. The van der Waals surface area contributed by atoms with Gasteiger partial charge in [-0.05, 0) is 30.3 Å². The summed E-state index contributed by atoms with van der Waals surface area (Å²) in [6, 6.07) is 23.7. The van der Waals surface area contributed by atoms with Crippen LogP contribution < -0.4 is 10.1 Å². The zero-order valence-corrected chi connectivity index (χ0v) is 18.2. The summed E-state index contributed by atoms with van der Waals surface area (Å²) in [6.45, 7) is 0. The highest BCUT2D eigenvalue weighted by atomic mass is 35.5. The van der Waals surface area contributed by atoms with Gasteiger partial charge < -0.3 is 10.1 Å². The summed E-state index contributed by atoms with van der Waals surface area (Å²) in [7, 11) is 1.67. The summed E-state index contributed by atoms with van der Waals surface area (Å²) in [5, 5.41) is 8.27. The van der Waals surface area contributed by atoms with E-state index in [0.717, 1.165) is 49.9 Å². The van der Waals surface area contributed by atoms with Gasteiger partial charge in [-0.25, -0.2) is 4.98 Å². The average molecular weight is 444 g/mol. The molecule has 31 heavy (non-hydrogen) atoms. The molecular formula is C25H18ClN3OS. The molecule has 152 valence electrons. The van der Waals surface area contributed by atoms with Crippen LogP contribution in [0.15, 0.2) is 84.4 Å². The van der Waals surface area contributed by atoms with Gasteiger partial charge in [-0.1, -0.05) is 48.0 Å². The average Bonchev–Trinajstić information content (AvgIpc) is 3.30. The second-order valence-electron chi connectivity index (χ2n) is 6.97. The molecule has 0 radical (unpaired) electrons. The molecular weight excluding hydrogens is 426 g/mol. The van der Waals surface area contributed by atoms with Gasteiger partial charge in [0.1, 0.15) is 10.8 Å². The minimum Gasteiger partial charge on any atom is -0.497 e. The molecule has 5 rings (SSSR count). The number of aromatic nitrogens is 2. The standard InChI is InChI=1S/C25H18ClN3OS/c1-30-19-6-4-5-18(13-19)28-24-20-7-2-3-8-22(20)27-14-21(24)25-29-23(15-31-25)16-9-11-17(26)12-10-16/h2-15H,1H3,(H,27,28). The molecule has 1 N–H and O–H groups in total. The third-order valence-electron chi connectivity index (χ3n) is 4.99. The molecule has 0 aliphatic heterocycles. The van der Waals surface area contributed by atoms with Gasteiger partial charge in [0.2, 0.25) is 0 Å². The number of para-hydroxylation sites is 1. The Hall–Kier alpha value is -3.41. The van der Waals surface area contributed by atoms with Crippen molar-refractivity contribution in [1.82, 2.24) is 9.97 Å². The predicted molar refractivity (Wildman–Crippen MR) is 130 cm³/mol. The summed E-state index contributed by atoms with van der Waals surface area (Å²) < 4.78 is 5.38. The molecule has 3 aromatic carbocycles. The van der Waals surface area contributed by atoms with Crippen molar-refractivity contribution in [3.05, 3.63) is 89.4 Å². The molecule has 0 bridgehead atoms. The number of ether oxygens (including phenoxy) is 1. The fourth-order valence-corrected chi connectivity index (χ4v) is 4.40. The minimum absolute atomic E-state index is 0.711. The van der Waals surface area contributed by atoms with E-state index in [2.05, 4.69) is 21.7 Å². The molecule has 0 saturated heterocycles. The van der Waals surface area contributed by atoms with Crippen LogP contribution >= 0.6 is 22.9 Å². The van der Waals surface area contributed by atoms with Gasteiger partial charge in [0.05, 0.1) is 29.6 Å². The van der Waals surface area contributed by atoms with Crippen molar-refractivity contribution >= 4 is 45.2 Å². The van der Waals surface area contributed by atoms with Crippen LogP contribution in [0.2, 0.25) is 5.02 Å². The van der Waals surface area contributed by atoms with Crippen molar-refractivity contribution in [2.24, 2.45) is 0 Å². The molecule has 5 aromatic rings. The molecule has 4 nitrogen and oxygen atoms in total. The number of fused-ring (bicyclic) bond motifs is 1. The normalized spacial score (nSPS) is 10.9. The van der Waals surface area contributed by atoms with Crippen LogP contribution in [0.4, 0.5) is 11.4 Å². The summed E-state index contributed by atoms with van der Waals surface area (Å²) in [4.78, 5) is 9.57. The number of anilines is 2. The van der Waals surface area contributed by atoms with E-state index in [9.17, 15) is 0 Å². The maximum Gasteiger partial charge on any atom is 0.127 e. The SMILES string of the molecule is COc1cccc(Nc2c(-c3nc(-c4ccc(Cl)cc4)cs3)cnc3ccccc23)c1. The molecule has 6 heteroatoms. The number of rotatable bonds is 5. The molecule has 0 atom stereocenters. The maximum absolute atomic E-state index is 6.03. The lowest BCUT2D eigenvalue weighted by atomic mass is 10.1. The molecule has 2 heterocycles. The molecule has 0 unspecified atom stereocenters. The predicted octanol–water partition coefficient (Wildman–Crippen LogP) is 7.43. The van der Waals surface area contributed by atoms with Gasteiger partial charge in [-0.2, -0.15) is 0 Å². The summed E-state index contributed by atoms with van der Waals surface area (Å²) in [5.74, 6) is 0.796. The van der Waals surface area contributed by atoms with Crippen LogP contribution in [0.1, 0.15) is 0 Å². The van der Waals surface area contributed by atoms with Gasteiger partial charge in [0.15, 0.2) is 0 Å². The number of hydrogen-bond donors (Lipinski definition) is 1. The molecule has 0 amide bonds. The Labute approximate surface area is 189 Å². The zero-order valence-electron chi connectivity index (χ0n) is 16.7. The van der Waals surface area contributed by atoms with E-state index < -0.39 is 0 Å². The first kappa shape index (κ1) is 19.5. The van der Waals surface area contributed by atoms with Crippen molar-refractivity contribution < 1.29 is 4.74 Å². The fraction of sp³-hybridized carbons (Fsp3) is 0.0400. The van der Waals surface area contributed by atoms with Gasteiger partial charge >= 0.3 is 0 Å². The third-order valence-corrected chi connectivity index (χ3v) is 6.12. The fourth-order valence-electron chi connectivity index (χ4n) is 3.43. The molecule has 0 spiro atoms. The van der Waals surface area contributed by atoms with E-state index in [1.807, 2.05) is 72.9 Å². The topological polar surface area (TPSA) is 47.0 Å². The van der Waals surface area contributed by atoms with Crippen molar-refractivity contribution in [3.8, 4) is 27.6 Å². The largest absolute Gasteiger partial charge is 0.497 e. The quantitative estimate of drug-likeness (QED) is 0.306.